The van der Waals surface area contributed by atoms with Crippen molar-refractivity contribution in [2.75, 3.05) is 11.4 Å². The Morgan fingerprint density at radius 3 is 2.71 bits per heavy atom. The van der Waals surface area contributed by atoms with Crippen LogP contribution in [0, 0.1) is 6.92 Å². The Bertz CT molecular complexity index is 454. The number of carbonyl (C=O) groups excluding carboxylic acids is 1. The van der Waals surface area contributed by atoms with Crippen LogP contribution in [0.3, 0.4) is 0 Å². The van der Waals surface area contributed by atoms with Crippen molar-refractivity contribution >= 4 is 27.4 Å². The van der Waals surface area contributed by atoms with Crippen LogP contribution in [0.2, 0.25) is 0 Å². The molecule has 92 valence electrons. The average Bonchev–Trinajstić information content (AvgIpc) is 2.26. The smallest absolute Gasteiger partial charge is 0.152 e. The Hall–Kier alpha value is -0.830. The van der Waals surface area contributed by atoms with Gasteiger partial charge in [-0.15, -0.1) is 0 Å². The van der Waals surface area contributed by atoms with Crippen LogP contribution < -0.4 is 4.90 Å². The van der Waals surface area contributed by atoms with E-state index in [-0.39, 0.29) is 5.54 Å². The Balaban J connectivity index is 2.36. The summed E-state index contributed by atoms with van der Waals surface area (Å²) in [6, 6.07) is 6.28. The molecule has 0 radical (unpaired) electrons. The number of piperidine rings is 1. The van der Waals surface area contributed by atoms with Gasteiger partial charge in [0.25, 0.3) is 0 Å². The molecule has 0 aromatic heterocycles. The van der Waals surface area contributed by atoms with Gasteiger partial charge in [0.15, 0.2) is 5.78 Å². The highest BCUT2D eigenvalue weighted by Crippen LogP contribution is 2.33. The predicted octanol–water partition coefficient (Wildman–Crippen LogP) is 3.71. The Labute approximate surface area is 111 Å². The van der Waals surface area contributed by atoms with Crippen molar-refractivity contribution in [3.8, 4) is 0 Å². The lowest BCUT2D eigenvalue weighted by molar-refractivity contribution is -0.119. The Morgan fingerprint density at radius 2 is 2.06 bits per heavy atom. The lowest BCUT2D eigenvalue weighted by Gasteiger charge is -2.43. The van der Waals surface area contributed by atoms with E-state index in [1.165, 1.54) is 5.56 Å². The number of halogens is 1. The van der Waals surface area contributed by atoms with E-state index in [1.54, 1.807) is 0 Å². The Morgan fingerprint density at radius 1 is 1.35 bits per heavy atom. The van der Waals surface area contributed by atoms with Gasteiger partial charge in [0.2, 0.25) is 0 Å². The molecule has 0 bridgehead atoms. The van der Waals surface area contributed by atoms with Crippen molar-refractivity contribution in [1.29, 1.82) is 0 Å². The van der Waals surface area contributed by atoms with Crippen molar-refractivity contribution in [2.24, 2.45) is 0 Å². The van der Waals surface area contributed by atoms with Crippen LogP contribution in [-0.2, 0) is 4.79 Å². The maximum Gasteiger partial charge on any atom is 0.152 e. The number of rotatable bonds is 1. The summed E-state index contributed by atoms with van der Waals surface area (Å²) in [7, 11) is 0. The van der Waals surface area contributed by atoms with E-state index in [0.717, 1.165) is 16.6 Å². The number of benzene rings is 1. The van der Waals surface area contributed by atoms with Gasteiger partial charge in [-0.3, -0.25) is 4.79 Å². The molecule has 1 aromatic rings. The lowest BCUT2D eigenvalue weighted by atomic mass is 9.89. The molecule has 1 aromatic carbocycles. The first-order valence-corrected chi connectivity index (χ1v) is 6.75. The third-order valence-corrected chi connectivity index (χ3v) is 4.42. The van der Waals surface area contributed by atoms with Gasteiger partial charge in [-0.25, -0.2) is 0 Å². The van der Waals surface area contributed by atoms with Gasteiger partial charge in [-0.05, 0) is 51.0 Å². The fourth-order valence-electron chi connectivity index (χ4n) is 2.29. The van der Waals surface area contributed by atoms with E-state index in [2.05, 4.69) is 59.8 Å². The van der Waals surface area contributed by atoms with Crippen LogP contribution in [0.4, 0.5) is 5.69 Å². The van der Waals surface area contributed by atoms with E-state index < -0.39 is 0 Å². The first-order chi connectivity index (χ1) is 7.90. The topological polar surface area (TPSA) is 20.3 Å². The van der Waals surface area contributed by atoms with Gasteiger partial charge in [-0.2, -0.15) is 0 Å². The summed E-state index contributed by atoms with van der Waals surface area (Å²) in [6.45, 7) is 7.02. The highest BCUT2D eigenvalue weighted by atomic mass is 79.9. The van der Waals surface area contributed by atoms with E-state index in [9.17, 15) is 4.79 Å². The molecule has 0 aliphatic carbocycles. The summed E-state index contributed by atoms with van der Waals surface area (Å²) in [5, 5.41) is 0. The fraction of sp³-hybridized carbons (Fsp3) is 0.500. The molecule has 0 N–H and O–H groups in total. The molecule has 3 heteroatoms. The second-order valence-corrected chi connectivity index (χ2v) is 6.23. The number of Topliss-reactive ketones (excluding diaryl/α,β-unsaturated/α-hetero) is 1. The number of anilines is 1. The number of aryl methyl sites for hydroxylation is 1. The van der Waals surface area contributed by atoms with Gasteiger partial charge in [-0.1, -0.05) is 15.9 Å². The largest absolute Gasteiger partial charge is 0.359 e. The highest BCUT2D eigenvalue weighted by molar-refractivity contribution is 9.10. The van der Waals surface area contributed by atoms with Gasteiger partial charge in [0, 0.05) is 22.1 Å². The SMILES string of the molecule is Cc1cc(N2CC(=O)CCC2(C)C)ccc1Br. The number of carbonyl (C=O) groups is 1. The Kier molecular flexibility index (Phi) is 3.30. The minimum atomic E-state index is 0.0637. The van der Waals surface area contributed by atoms with Crippen LogP contribution in [0.15, 0.2) is 22.7 Å². The second-order valence-electron chi connectivity index (χ2n) is 5.37. The van der Waals surface area contributed by atoms with Gasteiger partial charge < -0.3 is 4.90 Å². The second kappa shape index (κ2) is 4.45. The maximum absolute atomic E-state index is 11.6. The quantitative estimate of drug-likeness (QED) is 0.787. The molecule has 17 heavy (non-hydrogen) atoms. The van der Waals surface area contributed by atoms with Crippen LogP contribution in [0.1, 0.15) is 32.3 Å². The van der Waals surface area contributed by atoms with Crippen molar-refractivity contribution in [2.45, 2.75) is 39.2 Å². The molecule has 1 saturated heterocycles. The van der Waals surface area contributed by atoms with Crippen LogP contribution >= 0.6 is 15.9 Å². The summed E-state index contributed by atoms with van der Waals surface area (Å²) in [5.41, 5.74) is 2.41. The lowest BCUT2D eigenvalue weighted by Crippen LogP contribution is -2.51. The predicted molar refractivity (Wildman–Crippen MR) is 74.5 cm³/mol. The molecule has 1 aliphatic rings. The molecule has 2 nitrogen and oxygen atoms in total. The van der Waals surface area contributed by atoms with E-state index in [0.29, 0.717) is 18.7 Å². The molecule has 0 amide bonds. The van der Waals surface area contributed by atoms with E-state index in [4.69, 9.17) is 0 Å². The van der Waals surface area contributed by atoms with Crippen molar-refractivity contribution in [3.05, 3.63) is 28.2 Å². The molecular formula is C14H18BrNO. The molecule has 1 fully saturated rings. The van der Waals surface area contributed by atoms with Crippen LogP contribution in [-0.4, -0.2) is 17.9 Å². The van der Waals surface area contributed by atoms with Crippen LogP contribution in [0.25, 0.3) is 0 Å². The molecule has 0 saturated carbocycles. The summed E-state index contributed by atoms with van der Waals surface area (Å²) in [4.78, 5) is 13.9. The molecule has 2 rings (SSSR count). The van der Waals surface area contributed by atoms with E-state index in [1.807, 2.05) is 0 Å². The van der Waals surface area contributed by atoms with E-state index >= 15 is 0 Å². The van der Waals surface area contributed by atoms with Gasteiger partial charge >= 0.3 is 0 Å². The minimum absolute atomic E-state index is 0.0637. The van der Waals surface area contributed by atoms with Gasteiger partial charge in [0.05, 0.1) is 6.54 Å². The zero-order valence-corrected chi connectivity index (χ0v) is 12.2. The molecular weight excluding hydrogens is 278 g/mol. The number of nitrogens with zero attached hydrogens (tertiary/aromatic N) is 1. The third kappa shape index (κ3) is 2.54. The molecule has 1 aliphatic heterocycles. The van der Waals surface area contributed by atoms with Gasteiger partial charge in [0.1, 0.15) is 0 Å². The summed E-state index contributed by atoms with van der Waals surface area (Å²) < 4.78 is 1.11. The third-order valence-electron chi connectivity index (χ3n) is 3.53. The molecule has 0 unspecified atom stereocenters. The van der Waals surface area contributed by atoms with Crippen molar-refractivity contribution in [3.63, 3.8) is 0 Å². The minimum Gasteiger partial charge on any atom is -0.359 e. The summed E-state index contributed by atoms with van der Waals surface area (Å²) >= 11 is 3.51. The van der Waals surface area contributed by atoms with Crippen molar-refractivity contribution in [1.82, 2.24) is 0 Å². The monoisotopic (exact) mass is 295 g/mol. The zero-order chi connectivity index (χ0) is 12.6. The highest BCUT2D eigenvalue weighted by Gasteiger charge is 2.33. The van der Waals surface area contributed by atoms with Crippen molar-refractivity contribution < 1.29 is 4.79 Å². The number of hydrogen-bond acceptors (Lipinski definition) is 2. The first kappa shape index (κ1) is 12.6. The molecule has 0 spiro atoms. The standard InChI is InChI=1S/C14H18BrNO/c1-10-8-11(4-5-13(10)15)16-9-12(17)6-7-14(16,2)3/h4-5,8H,6-7,9H2,1-3H3. The summed E-state index contributed by atoms with van der Waals surface area (Å²) in [6.07, 6.45) is 1.64. The normalized spacial score (nSPS) is 19.5. The molecule has 1 heterocycles. The summed E-state index contributed by atoms with van der Waals surface area (Å²) in [5.74, 6) is 0.338. The molecule has 0 atom stereocenters. The number of ketones is 1. The first-order valence-electron chi connectivity index (χ1n) is 5.96. The zero-order valence-electron chi connectivity index (χ0n) is 10.6. The maximum atomic E-state index is 11.6. The number of hydrogen-bond donors (Lipinski definition) is 0. The average molecular weight is 296 g/mol. The fourth-order valence-corrected chi connectivity index (χ4v) is 2.53. The van der Waals surface area contributed by atoms with Crippen LogP contribution in [0.5, 0.6) is 0 Å².